The molecule has 9 heteroatoms. The second-order valence-electron chi connectivity index (χ2n) is 5.48. The normalized spacial score (nSPS) is 19.8. The van der Waals surface area contributed by atoms with Gasteiger partial charge in [0.2, 0.25) is 0 Å². The summed E-state index contributed by atoms with van der Waals surface area (Å²) in [6, 6.07) is 2.50. The zero-order valence-corrected chi connectivity index (χ0v) is 12.6. The molecule has 1 N–H and O–H groups in total. The van der Waals surface area contributed by atoms with E-state index >= 15 is 0 Å². The van der Waals surface area contributed by atoms with E-state index in [0.717, 1.165) is 24.4 Å². The average molecular weight is 361 g/mol. The molecule has 4 nitrogen and oxygen atoms in total. The van der Waals surface area contributed by atoms with Gasteiger partial charge in [0.25, 0.3) is 5.78 Å². The minimum absolute atomic E-state index is 0.106. The highest BCUT2D eigenvalue weighted by atomic mass is 19.4. The number of carbonyl (C=O) groups excluding carboxylic acids is 1. The van der Waals surface area contributed by atoms with Crippen LogP contribution >= 0.6 is 0 Å². The van der Waals surface area contributed by atoms with Crippen molar-refractivity contribution in [3.8, 4) is 0 Å². The molecule has 1 aromatic carbocycles. The van der Waals surface area contributed by atoms with Crippen molar-refractivity contribution in [3.63, 3.8) is 0 Å². The van der Waals surface area contributed by atoms with E-state index < -0.39 is 47.9 Å². The second-order valence-corrected chi connectivity index (χ2v) is 5.48. The molecule has 0 bridgehead atoms. The van der Waals surface area contributed by atoms with Gasteiger partial charge in [-0.1, -0.05) is 0 Å². The van der Waals surface area contributed by atoms with Crippen molar-refractivity contribution in [3.05, 3.63) is 41.5 Å². The molecule has 2 rings (SSSR count). The van der Waals surface area contributed by atoms with E-state index in [0.29, 0.717) is 6.07 Å². The van der Waals surface area contributed by atoms with Crippen molar-refractivity contribution in [2.45, 2.75) is 31.0 Å². The van der Waals surface area contributed by atoms with Gasteiger partial charge >= 0.3 is 12.1 Å². The summed E-state index contributed by atoms with van der Waals surface area (Å²) in [7, 11) is 0. The Morgan fingerprint density at radius 2 is 1.88 bits per heavy atom. The highest BCUT2D eigenvalue weighted by Crippen LogP contribution is 2.37. The minimum atomic E-state index is -5.20. The number of carbonyl (C=O) groups is 2. The molecule has 0 spiro atoms. The van der Waals surface area contributed by atoms with Gasteiger partial charge in [0.05, 0.1) is 0 Å². The summed E-state index contributed by atoms with van der Waals surface area (Å²) in [6.45, 7) is 0. The predicted molar refractivity (Wildman–Crippen MR) is 78.1 cm³/mol. The van der Waals surface area contributed by atoms with E-state index in [1.165, 1.54) is 0 Å². The van der Waals surface area contributed by atoms with Crippen LogP contribution in [0.4, 0.5) is 22.0 Å². The van der Waals surface area contributed by atoms with Gasteiger partial charge in [-0.05, 0) is 31.1 Å². The van der Waals surface area contributed by atoms with Crippen LogP contribution in [0, 0.1) is 11.6 Å². The van der Waals surface area contributed by atoms with Crippen LogP contribution in [-0.2, 0) is 9.59 Å². The number of carboxylic acids is 1. The first-order valence-corrected chi connectivity index (χ1v) is 7.12. The van der Waals surface area contributed by atoms with E-state index in [1.54, 1.807) is 0 Å². The summed E-state index contributed by atoms with van der Waals surface area (Å²) < 4.78 is 65.5. The molecular formula is C16H12F5NO3. The second kappa shape index (κ2) is 6.73. The lowest BCUT2D eigenvalue weighted by atomic mass is 9.87. The summed E-state index contributed by atoms with van der Waals surface area (Å²) in [5, 5.41) is 8.62. The summed E-state index contributed by atoms with van der Waals surface area (Å²) in [6.07, 6.45) is -4.63. The molecule has 0 saturated carbocycles. The Morgan fingerprint density at radius 3 is 2.44 bits per heavy atom. The molecule has 0 aliphatic carbocycles. The maximum Gasteiger partial charge on any atom is 0.452 e. The molecule has 0 fully saturated rings. The number of ketones is 1. The number of Topliss-reactive ketones (excluding diaryl/α,β-unsaturated/α-hetero) is 1. The first kappa shape index (κ1) is 18.8. The summed E-state index contributed by atoms with van der Waals surface area (Å²) in [4.78, 5) is 26.0. The van der Waals surface area contributed by atoms with Crippen LogP contribution in [0.5, 0.6) is 0 Å². The van der Waals surface area contributed by atoms with Gasteiger partial charge in [-0.25, -0.2) is 8.78 Å². The number of aliphatic carboxylic acids is 1. The molecule has 1 aromatic rings. The average Bonchev–Trinajstić information content (AvgIpc) is 2.90. The van der Waals surface area contributed by atoms with Gasteiger partial charge in [-0.15, -0.1) is 0 Å². The zero-order chi connectivity index (χ0) is 18.8. The molecule has 0 saturated heterocycles. The number of halogens is 5. The van der Waals surface area contributed by atoms with Crippen LogP contribution in [0.3, 0.4) is 0 Å². The Balaban J connectivity index is 2.40. The topological polar surface area (TPSA) is 66.7 Å². The van der Waals surface area contributed by atoms with Gasteiger partial charge in [0.15, 0.2) is 0 Å². The van der Waals surface area contributed by atoms with Crippen molar-refractivity contribution >= 4 is 23.5 Å². The van der Waals surface area contributed by atoms with Crippen LogP contribution in [0.2, 0.25) is 0 Å². The zero-order valence-electron chi connectivity index (χ0n) is 12.6. The number of rotatable bonds is 6. The van der Waals surface area contributed by atoms with Crippen LogP contribution in [0.15, 0.2) is 29.3 Å². The van der Waals surface area contributed by atoms with Crippen molar-refractivity contribution in [2.24, 2.45) is 4.99 Å². The Hall–Kier alpha value is -2.58. The van der Waals surface area contributed by atoms with Gasteiger partial charge in [-0.2, -0.15) is 13.2 Å². The Labute approximate surface area is 138 Å². The van der Waals surface area contributed by atoms with E-state index in [9.17, 15) is 31.5 Å². The first-order chi connectivity index (χ1) is 11.5. The number of nitrogens with zero attached hydrogens (tertiary/aromatic N) is 1. The number of benzene rings is 1. The fourth-order valence-electron chi connectivity index (χ4n) is 2.52. The molecule has 0 radical (unpaired) electrons. The monoisotopic (exact) mass is 361 g/mol. The predicted octanol–water partition coefficient (Wildman–Crippen LogP) is 3.56. The number of allylic oxidation sites excluding steroid dienone is 1. The number of aliphatic imine (C=N–C) groups is 1. The van der Waals surface area contributed by atoms with E-state index in [-0.39, 0.29) is 17.6 Å². The molecule has 1 aliphatic heterocycles. The molecule has 0 amide bonds. The third-order valence-electron chi connectivity index (χ3n) is 3.67. The molecule has 0 aromatic heterocycles. The fraction of sp³-hybridized carbons (Fsp3) is 0.312. The largest absolute Gasteiger partial charge is 0.481 e. The highest BCUT2D eigenvalue weighted by molar-refractivity contribution is 6.16. The summed E-state index contributed by atoms with van der Waals surface area (Å²) >= 11 is 0. The fourth-order valence-corrected chi connectivity index (χ4v) is 2.52. The SMILES string of the molecule is O=C(O)CCCC1(C(=O)C(F)(F)F)C=C(c2ccc(F)cc2F)C=N1. The number of hydrogen-bond acceptors (Lipinski definition) is 3. The molecule has 25 heavy (non-hydrogen) atoms. The smallest absolute Gasteiger partial charge is 0.452 e. The van der Waals surface area contributed by atoms with E-state index in [4.69, 9.17) is 5.11 Å². The van der Waals surface area contributed by atoms with Crippen LogP contribution in [-0.4, -0.2) is 34.8 Å². The Morgan fingerprint density at radius 1 is 1.20 bits per heavy atom. The highest BCUT2D eigenvalue weighted by Gasteiger charge is 2.52. The Kier molecular flexibility index (Phi) is 5.05. The lowest BCUT2D eigenvalue weighted by molar-refractivity contribution is -0.175. The van der Waals surface area contributed by atoms with Crippen molar-refractivity contribution in [1.82, 2.24) is 0 Å². The standard InChI is InChI=1S/C16H12F5NO3/c17-10-3-4-11(12(18)6-10)9-7-15(22-8-9,5-1-2-13(23)24)14(25)16(19,20)21/h3-4,6-8H,1-2,5H2,(H,23,24). The molecule has 1 heterocycles. The van der Waals surface area contributed by atoms with Crippen molar-refractivity contribution in [2.75, 3.05) is 0 Å². The van der Waals surface area contributed by atoms with Gasteiger partial charge < -0.3 is 5.11 Å². The maximum atomic E-state index is 13.8. The van der Waals surface area contributed by atoms with Gasteiger partial charge in [0.1, 0.15) is 17.2 Å². The number of hydrogen-bond donors (Lipinski definition) is 1. The third kappa shape index (κ3) is 4.09. The molecule has 1 atom stereocenters. The first-order valence-electron chi connectivity index (χ1n) is 7.12. The van der Waals surface area contributed by atoms with Gasteiger partial charge in [-0.3, -0.25) is 14.6 Å². The van der Waals surface area contributed by atoms with E-state index in [2.05, 4.69) is 4.99 Å². The maximum absolute atomic E-state index is 13.8. The van der Waals surface area contributed by atoms with Gasteiger partial charge in [0, 0.05) is 29.8 Å². The van der Waals surface area contributed by atoms with Crippen LogP contribution in [0.25, 0.3) is 5.57 Å². The molecule has 1 aliphatic rings. The van der Waals surface area contributed by atoms with Crippen molar-refractivity contribution in [1.29, 1.82) is 0 Å². The molecule has 134 valence electrons. The summed E-state index contributed by atoms with van der Waals surface area (Å²) in [5.74, 6) is -5.28. The van der Waals surface area contributed by atoms with Crippen LogP contribution < -0.4 is 0 Å². The quantitative estimate of drug-likeness (QED) is 0.788. The number of alkyl halides is 3. The minimum Gasteiger partial charge on any atom is -0.481 e. The van der Waals surface area contributed by atoms with Crippen molar-refractivity contribution < 1.29 is 36.6 Å². The Bertz CT molecular complexity index is 770. The van der Waals surface area contributed by atoms with Crippen LogP contribution in [0.1, 0.15) is 24.8 Å². The lowest BCUT2D eigenvalue weighted by Gasteiger charge is -2.23. The molecular weight excluding hydrogens is 349 g/mol. The third-order valence-corrected chi connectivity index (χ3v) is 3.67. The van der Waals surface area contributed by atoms with E-state index in [1.807, 2.05) is 0 Å². The number of carboxylic acid groups (broad SMARTS) is 1. The molecule has 1 unspecified atom stereocenters. The lowest BCUT2D eigenvalue weighted by Crippen LogP contribution is -2.43. The summed E-state index contributed by atoms with van der Waals surface area (Å²) in [5.41, 5.74) is -2.66.